The maximum absolute atomic E-state index is 13.7. The molecule has 2 aliphatic carbocycles. The third-order valence-corrected chi connectivity index (χ3v) is 17.0. The molecule has 6 aromatic rings. The SMILES string of the molecule is CCCCCC[C@H]1C[C@@H](CNC(=O)[C@@H]2Cc3ccccc3C[C@H]2NC(=O)c2cc3cc(Cl)ccc3[nH]2)OC(C)(C)O1.CCCCCC[C@H]1C[C@@H](CNC(=O)[C@H]2Cc3ccccc3C[C@@H]2NC(=O)c2cc3cc(Cl)ccc3[nH]2)OC(C)(C)O1. The molecule has 14 nitrogen and oxygen atoms in total. The lowest BCUT2D eigenvalue weighted by Crippen LogP contribution is -2.53. The highest BCUT2D eigenvalue weighted by Crippen LogP contribution is 2.33. The zero-order chi connectivity index (χ0) is 58.0. The van der Waals surface area contributed by atoms with Gasteiger partial charge in [0.15, 0.2) is 11.6 Å². The lowest BCUT2D eigenvalue weighted by molar-refractivity contribution is -0.299. The molecule has 2 aromatic heterocycles. The first-order valence-electron chi connectivity index (χ1n) is 30.0. The molecular weight excluding hydrogens is 1080 g/mol. The van der Waals surface area contributed by atoms with Gasteiger partial charge in [-0.2, -0.15) is 0 Å². The molecule has 0 spiro atoms. The van der Waals surface area contributed by atoms with E-state index in [0.717, 1.165) is 82.6 Å². The van der Waals surface area contributed by atoms with Crippen LogP contribution in [-0.2, 0) is 54.2 Å². The number of halogens is 2. The molecule has 16 heteroatoms. The second-order valence-corrected chi connectivity index (χ2v) is 24.8. The van der Waals surface area contributed by atoms with E-state index in [2.05, 4.69) is 69.3 Å². The number of unbranched alkanes of at least 4 members (excludes halogenated alkanes) is 6. The number of H-pyrrole nitrogens is 2. The van der Waals surface area contributed by atoms with Gasteiger partial charge in [0.05, 0.1) is 36.3 Å². The van der Waals surface area contributed by atoms with E-state index in [9.17, 15) is 19.2 Å². The Labute approximate surface area is 493 Å². The van der Waals surface area contributed by atoms with Crippen LogP contribution in [0.3, 0.4) is 0 Å². The minimum atomic E-state index is -0.687. The highest BCUT2D eigenvalue weighted by molar-refractivity contribution is 6.31. The molecule has 2 aliphatic heterocycles. The first kappa shape index (κ1) is 60.8. The fourth-order valence-corrected chi connectivity index (χ4v) is 12.9. The normalized spacial score (nSPS) is 23.6. The van der Waals surface area contributed by atoms with Gasteiger partial charge >= 0.3 is 0 Å². The Balaban J connectivity index is 0.000000198. The van der Waals surface area contributed by atoms with Crippen molar-refractivity contribution in [1.29, 1.82) is 0 Å². The molecule has 10 rings (SSSR count). The quantitative estimate of drug-likeness (QED) is 0.0408. The lowest BCUT2D eigenvalue weighted by atomic mass is 9.79. The van der Waals surface area contributed by atoms with Gasteiger partial charge in [-0.1, -0.05) is 137 Å². The van der Waals surface area contributed by atoms with Crippen LogP contribution in [0.25, 0.3) is 21.8 Å². The van der Waals surface area contributed by atoms with Crippen LogP contribution in [-0.4, -0.2) is 94.8 Å². The molecule has 82 heavy (non-hydrogen) atoms. The van der Waals surface area contributed by atoms with E-state index < -0.39 is 23.4 Å². The number of hydrogen-bond donors (Lipinski definition) is 6. The number of aromatic nitrogens is 2. The van der Waals surface area contributed by atoms with Gasteiger partial charge in [0.2, 0.25) is 11.8 Å². The van der Waals surface area contributed by atoms with Crippen LogP contribution in [0.5, 0.6) is 0 Å². The predicted molar refractivity (Wildman–Crippen MR) is 324 cm³/mol. The third kappa shape index (κ3) is 16.3. The van der Waals surface area contributed by atoms with E-state index >= 15 is 0 Å². The summed E-state index contributed by atoms with van der Waals surface area (Å²) in [5.74, 6) is -2.78. The molecular formula is C66H84Cl2N6O8. The van der Waals surface area contributed by atoms with Crippen LogP contribution in [0.15, 0.2) is 97.1 Å². The summed E-state index contributed by atoms with van der Waals surface area (Å²) in [5.41, 5.74) is 7.18. The summed E-state index contributed by atoms with van der Waals surface area (Å²) in [5, 5.41) is 15.6. The second kappa shape index (κ2) is 27.8. The minimum Gasteiger partial charge on any atom is -0.353 e. The number of hydrogen-bond acceptors (Lipinski definition) is 8. The van der Waals surface area contributed by atoms with Crippen LogP contribution in [0.4, 0.5) is 0 Å². The molecule has 4 heterocycles. The maximum atomic E-state index is 13.7. The van der Waals surface area contributed by atoms with Crippen LogP contribution >= 0.6 is 23.2 Å². The summed E-state index contributed by atoms with van der Waals surface area (Å²) in [4.78, 5) is 60.4. The first-order valence-corrected chi connectivity index (χ1v) is 30.8. The topological polar surface area (TPSA) is 185 Å². The Morgan fingerprint density at radius 1 is 0.500 bits per heavy atom. The molecule has 0 bridgehead atoms. The zero-order valence-corrected chi connectivity index (χ0v) is 50.1. The molecule has 4 aliphatic rings. The first-order chi connectivity index (χ1) is 39.4. The third-order valence-electron chi connectivity index (χ3n) is 16.5. The second-order valence-electron chi connectivity index (χ2n) is 24.0. The van der Waals surface area contributed by atoms with Gasteiger partial charge in [0.1, 0.15) is 11.4 Å². The molecule has 4 aromatic carbocycles. The van der Waals surface area contributed by atoms with Crippen molar-refractivity contribution < 1.29 is 38.1 Å². The van der Waals surface area contributed by atoms with Crippen LogP contribution in [0.1, 0.15) is 162 Å². The molecule has 440 valence electrons. The Kier molecular flexibility index (Phi) is 20.6. The van der Waals surface area contributed by atoms with Crippen LogP contribution in [0, 0.1) is 11.8 Å². The lowest BCUT2D eigenvalue weighted by Gasteiger charge is -2.41. The minimum absolute atomic E-state index is 0.0689. The molecule has 8 atom stereocenters. The summed E-state index contributed by atoms with van der Waals surface area (Å²) in [7, 11) is 0. The van der Waals surface area contributed by atoms with E-state index in [4.69, 9.17) is 42.1 Å². The van der Waals surface area contributed by atoms with Crippen LogP contribution < -0.4 is 21.3 Å². The highest BCUT2D eigenvalue weighted by atomic mass is 35.5. The molecule has 6 N–H and O–H groups in total. The van der Waals surface area contributed by atoms with E-state index in [-0.39, 0.29) is 60.1 Å². The van der Waals surface area contributed by atoms with Crippen LogP contribution in [0.2, 0.25) is 10.0 Å². The fourth-order valence-electron chi connectivity index (χ4n) is 12.6. The van der Waals surface area contributed by atoms with Crippen molar-refractivity contribution in [2.75, 3.05) is 13.1 Å². The van der Waals surface area contributed by atoms with Gasteiger partial charge in [-0.05, 0) is 137 Å². The van der Waals surface area contributed by atoms with E-state index in [1.807, 2.05) is 76.2 Å². The fraction of sp³-hybridized carbons (Fsp3) is 0.515. The van der Waals surface area contributed by atoms with Gasteiger partial charge in [0, 0.05) is 69.9 Å². The summed E-state index contributed by atoms with van der Waals surface area (Å²) < 4.78 is 24.8. The Morgan fingerprint density at radius 2 is 0.878 bits per heavy atom. The average molecular weight is 1160 g/mol. The monoisotopic (exact) mass is 1160 g/mol. The predicted octanol–water partition coefficient (Wildman–Crippen LogP) is 12.7. The number of fused-ring (bicyclic) bond motifs is 4. The molecule has 2 saturated heterocycles. The summed E-state index contributed by atoms with van der Waals surface area (Å²) in [6.45, 7) is 13.0. The number of aromatic amines is 2. The van der Waals surface area contributed by atoms with Crippen molar-refractivity contribution in [3.05, 3.63) is 141 Å². The number of carbonyl (C=O) groups is 4. The van der Waals surface area contributed by atoms with Gasteiger partial charge in [-0.15, -0.1) is 0 Å². The van der Waals surface area contributed by atoms with Gasteiger partial charge in [-0.25, -0.2) is 0 Å². The largest absolute Gasteiger partial charge is 0.353 e. The zero-order valence-electron chi connectivity index (χ0n) is 48.6. The van der Waals surface area contributed by atoms with Gasteiger partial charge in [-0.3, -0.25) is 19.2 Å². The van der Waals surface area contributed by atoms with Gasteiger partial charge in [0.25, 0.3) is 11.8 Å². The molecule has 0 unspecified atom stereocenters. The summed E-state index contributed by atoms with van der Waals surface area (Å²) in [6, 6.07) is 30.2. The Bertz CT molecular complexity index is 2950. The molecule has 0 saturated carbocycles. The van der Waals surface area contributed by atoms with Crippen molar-refractivity contribution in [3.63, 3.8) is 0 Å². The van der Waals surface area contributed by atoms with Crippen molar-refractivity contribution in [3.8, 4) is 0 Å². The average Bonchev–Trinajstić information content (AvgIpc) is 4.20. The number of amides is 4. The number of benzene rings is 4. The van der Waals surface area contributed by atoms with Crippen molar-refractivity contribution in [1.82, 2.24) is 31.2 Å². The standard InChI is InChI=1S/2C33H42ClN3O4/c2*1-4-5-6-7-12-25-19-26(41-33(2,3)40-25)20-35-31(38)27-16-21-10-8-9-11-22(21)17-29(27)37-32(39)30-18-23-15-24(34)13-14-28(23)36-30/h2*8-11,13-15,18,25-27,29,36H,4-7,12,16-17,19-20H2,1-3H3,(H,35,38)(H,37,39)/t25-,26-,27+,29+;25-,26-,27-,29-/m00/s1. The van der Waals surface area contributed by atoms with Crippen molar-refractivity contribution in [2.45, 2.75) is 192 Å². The Hall–Kier alpha value is -5.74. The number of ether oxygens (including phenoxy) is 4. The molecule has 4 amide bonds. The van der Waals surface area contributed by atoms with E-state index in [1.54, 1.807) is 24.3 Å². The Morgan fingerprint density at radius 3 is 1.27 bits per heavy atom. The van der Waals surface area contributed by atoms with Gasteiger partial charge < -0.3 is 50.2 Å². The summed E-state index contributed by atoms with van der Waals surface area (Å²) >= 11 is 12.3. The number of carbonyl (C=O) groups excluding carboxylic acids is 4. The molecule has 0 radical (unpaired) electrons. The maximum Gasteiger partial charge on any atom is 0.267 e. The molecule has 2 fully saturated rings. The summed E-state index contributed by atoms with van der Waals surface area (Å²) in [6.07, 6.45) is 15.4. The number of nitrogens with one attached hydrogen (secondary N) is 6. The number of rotatable bonds is 20. The van der Waals surface area contributed by atoms with Crippen molar-refractivity contribution >= 4 is 68.6 Å². The van der Waals surface area contributed by atoms with E-state index in [1.165, 1.54) is 38.5 Å². The van der Waals surface area contributed by atoms with E-state index in [0.29, 0.717) is 60.2 Å². The van der Waals surface area contributed by atoms with Crippen molar-refractivity contribution in [2.24, 2.45) is 11.8 Å². The highest BCUT2D eigenvalue weighted by Gasteiger charge is 2.40. The smallest absolute Gasteiger partial charge is 0.267 e.